The normalized spacial score (nSPS) is 10.5. The van der Waals surface area contributed by atoms with E-state index >= 15 is 0 Å². The lowest BCUT2D eigenvalue weighted by atomic mass is 10.2. The van der Waals surface area contributed by atoms with Crippen LogP contribution in [-0.2, 0) is 6.61 Å². The molecule has 128 valence electrons. The highest BCUT2D eigenvalue weighted by Gasteiger charge is 2.06. The monoisotopic (exact) mass is 339 g/mol. The molecule has 0 fully saturated rings. The number of benzene rings is 2. The highest BCUT2D eigenvalue weighted by molar-refractivity contribution is 5.94. The number of nitrogens with zero attached hydrogens (tertiary/aromatic N) is 2. The van der Waals surface area contributed by atoms with Crippen LogP contribution in [0.3, 0.4) is 0 Å². The molecule has 0 aliphatic rings. The molecule has 1 aromatic heterocycles. The Labute approximate surface area is 145 Å². The van der Waals surface area contributed by atoms with Crippen molar-refractivity contribution in [3.63, 3.8) is 0 Å². The lowest BCUT2D eigenvalue weighted by Crippen LogP contribution is -2.22. The van der Waals surface area contributed by atoms with Gasteiger partial charge in [-0.15, -0.1) is 0 Å². The molecule has 1 N–H and O–H groups in total. The Bertz CT molecular complexity index is 859. The zero-order valence-corrected chi connectivity index (χ0v) is 13.8. The van der Waals surface area contributed by atoms with Crippen LogP contribution in [-0.4, -0.2) is 22.2 Å². The zero-order chi connectivity index (χ0) is 17.6. The molecule has 0 atom stereocenters. The molecule has 2 aromatic carbocycles. The maximum Gasteiger partial charge on any atom is 0.251 e. The Morgan fingerprint density at radius 2 is 2.00 bits per heavy atom. The van der Waals surface area contributed by atoms with Crippen molar-refractivity contribution in [1.82, 2.24) is 15.1 Å². The lowest BCUT2D eigenvalue weighted by molar-refractivity contribution is 0.0956. The summed E-state index contributed by atoms with van der Waals surface area (Å²) in [7, 11) is 0. The van der Waals surface area contributed by atoms with Crippen LogP contribution in [0.15, 0.2) is 60.8 Å². The highest BCUT2D eigenvalue weighted by Crippen LogP contribution is 2.15. The van der Waals surface area contributed by atoms with E-state index in [2.05, 4.69) is 10.4 Å². The third-order valence-corrected chi connectivity index (χ3v) is 3.56. The van der Waals surface area contributed by atoms with Crippen molar-refractivity contribution < 1.29 is 13.9 Å². The predicted molar refractivity (Wildman–Crippen MR) is 92.3 cm³/mol. The summed E-state index contributed by atoms with van der Waals surface area (Å²) in [5.41, 5.74) is 1.96. The Morgan fingerprint density at radius 1 is 1.20 bits per heavy atom. The van der Waals surface area contributed by atoms with Crippen molar-refractivity contribution in [3.8, 4) is 11.4 Å². The number of halogens is 1. The second-order valence-electron chi connectivity index (χ2n) is 5.40. The first-order chi connectivity index (χ1) is 12.2. The van der Waals surface area contributed by atoms with Gasteiger partial charge in [0.15, 0.2) is 0 Å². The number of carbonyl (C=O) groups excluding carboxylic acids is 1. The summed E-state index contributed by atoms with van der Waals surface area (Å²) in [6.45, 7) is 2.74. The number of hydrogen-bond donors (Lipinski definition) is 1. The molecule has 0 radical (unpaired) electrons. The molecule has 0 unspecified atom stereocenters. The van der Waals surface area contributed by atoms with Gasteiger partial charge in [-0.3, -0.25) is 4.79 Å². The molecule has 3 aromatic rings. The van der Waals surface area contributed by atoms with Gasteiger partial charge in [0.05, 0.1) is 5.69 Å². The fourth-order valence-corrected chi connectivity index (χ4v) is 2.32. The Morgan fingerprint density at radius 3 is 2.72 bits per heavy atom. The highest BCUT2D eigenvalue weighted by atomic mass is 19.1. The number of amides is 1. The van der Waals surface area contributed by atoms with Crippen LogP contribution >= 0.6 is 0 Å². The van der Waals surface area contributed by atoms with Gasteiger partial charge in [-0.25, -0.2) is 9.07 Å². The summed E-state index contributed by atoms with van der Waals surface area (Å²) in [6, 6.07) is 15.0. The van der Waals surface area contributed by atoms with Crippen LogP contribution in [0.1, 0.15) is 23.0 Å². The first-order valence-corrected chi connectivity index (χ1v) is 7.97. The molecule has 0 saturated heterocycles. The van der Waals surface area contributed by atoms with E-state index in [9.17, 15) is 9.18 Å². The minimum absolute atomic E-state index is 0.108. The molecule has 6 heteroatoms. The SMILES string of the molecule is CCNC(=O)c1ccc(OCc2ccn(-c3cccc(F)c3)n2)cc1. The largest absolute Gasteiger partial charge is 0.487 e. The summed E-state index contributed by atoms with van der Waals surface area (Å²) in [6.07, 6.45) is 1.76. The predicted octanol–water partition coefficient (Wildman–Crippen LogP) is 3.34. The van der Waals surface area contributed by atoms with E-state index in [0.29, 0.717) is 23.5 Å². The van der Waals surface area contributed by atoms with Gasteiger partial charge in [0.1, 0.15) is 23.9 Å². The van der Waals surface area contributed by atoms with Gasteiger partial charge >= 0.3 is 0 Å². The first-order valence-electron chi connectivity index (χ1n) is 7.97. The summed E-state index contributed by atoms with van der Waals surface area (Å²) in [5.74, 6) is 0.231. The van der Waals surface area contributed by atoms with Crippen LogP contribution in [0, 0.1) is 5.82 Å². The van der Waals surface area contributed by atoms with Crippen molar-refractivity contribution in [2.24, 2.45) is 0 Å². The first kappa shape index (κ1) is 16.7. The standard InChI is InChI=1S/C19H18FN3O2/c1-2-21-19(24)14-6-8-18(9-7-14)25-13-16-10-11-23(22-16)17-5-3-4-15(20)12-17/h3-12H,2,13H2,1H3,(H,21,24). The van der Waals surface area contributed by atoms with Crippen molar-refractivity contribution in [1.29, 1.82) is 0 Å². The zero-order valence-electron chi connectivity index (χ0n) is 13.8. The average molecular weight is 339 g/mol. The van der Waals surface area contributed by atoms with Crippen molar-refractivity contribution >= 4 is 5.91 Å². The number of hydrogen-bond acceptors (Lipinski definition) is 3. The van der Waals surface area contributed by atoms with Crippen molar-refractivity contribution in [3.05, 3.63) is 77.9 Å². The van der Waals surface area contributed by atoms with Gasteiger partial charge in [-0.05, 0) is 55.5 Å². The molecule has 1 amide bonds. The number of carbonyl (C=O) groups is 1. The second-order valence-corrected chi connectivity index (χ2v) is 5.40. The van der Waals surface area contributed by atoms with Gasteiger partial charge in [0.2, 0.25) is 0 Å². The molecular formula is C19H18FN3O2. The van der Waals surface area contributed by atoms with Gasteiger partial charge < -0.3 is 10.1 Å². The minimum Gasteiger partial charge on any atom is -0.487 e. The number of rotatable bonds is 6. The maximum absolute atomic E-state index is 13.3. The summed E-state index contributed by atoms with van der Waals surface area (Å²) in [5, 5.41) is 7.11. The topological polar surface area (TPSA) is 56.1 Å². The molecule has 0 spiro atoms. The molecule has 3 rings (SSSR count). The summed E-state index contributed by atoms with van der Waals surface area (Å²) >= 11 is 0. The van der Waals surface area contributed by atoms with Crippen LogP contribution in [0.2, 0.25) is 0 Å². The van der Waals surface area contributed by atoms with Crippen LogP contribution in [0.5, 0.6) is 5.75 Å². The fourth-order valence-electron chi connectivity index (χ4n) is 2.32. The maximum atomic E-state index is 13.3. The van der Waals surface area contributed by atoms with E-state index < -0.39 is 0 Å². The van der Waals surface area contributed by atoms with Crippen molar-refractivity contribution in [2.75, 3.05) is 6.54 Å². The van der Waals surface area contributed by atoms with Crippen LogP contribution in [0.25, 0.3) is 5.69 Å². The lowest BCUT2D eigenvalue weighted by Gasteiger charge is -2.06. The van der Waals surface area contributed by atoms with Crippen LogP contribution in [0.4, 0.5) is 4.39 Å². The molecule has 1 heterocycles. The van der Waals surface area contributed by atoms with Gasteiger partial charge in [-0.2, -0.15) is 5.10 Å². The number of ether oxygens (including phenoxy) is 1. The van der Waals surface area contributed by atoms with E-state index in [-0.39, 0.29) is 18.3 Å². The molecular weight excluding hydrogens is 321 g/mol. The van der Waals surface area contributed by atoms with Gasteiger partial charge in [0.25, 0.3) is 5.91 Å². The van der Waals surface area contributed by atoms with Gasteiger partial charge in [0, 0.05) is 18.3 Å². The van der Waals surface area contributed by atoms with Crippen LogP contribution < -0.4 is 10.1 Å². The quantitative estimate of drug-likeness (QED) is 0.749. The van der Waals surface area contributed by atoms with E-state index in [1.54, 1.807) is 47.3 Å². The summed E-state index contributed by atoms with van der Waals surface area (Å²) in [4.78, 5) is 11.7. The molecule has 5 nitrogen and oxygen atoms in total. The number of nitrogens with one attached hydrogen (secondary N) is 1. The fraction of sp³-hybridized carbons (Fsp3) is 0.158. The molecule has 0 saturated carbocycles. The minimum atomic E-state index is -0.307. The summed E-state index contributed by atoms with van der Waals surface area (Å²) < 4.78 is 20.5. The van der Waals surface area contributed by atoms with E-state index in [4.69, 9.17) is 4.74 Å². The average Bonchev–Trinajstić information content (AvgIpc) is 3.10. The van der Waals surface area contributed by atoms with E-state index in [1.807, 2.05) is 13.0 Å². The van der Waals surface area contributed by atoms with Crippen molar-refractivity contribution in [2.45, 2.75) is 13.5 Å². The Kier molecular flexibility index (Phi) is 5.09. The molecule has 0 aliphatic carbocycles. The van der Waals surface area contributed by atoms with Gasteiger partial charge in [-0.1, -0.05) is 6.07 Å². The Balaban J connectivity index is 1.61. The van der Waals surface area contributed by atoms with E-state index in [1.165, 1.54) is 12.1 Å². The third kappa shape index (κ3) is 4.23. The van der Waals surface area contributed by atoms with E-state index in [0.717, 1.165) is 5.69 Å². The smallest absolute Gasteiger partial charge is 0.251 e. The molecule has 25 heavy (non-hydrogen) atoms. The Hall–Kier alpha value is -3.15. The molecule has 0 bridgehead atoms. The number of aromatic nitrogens is 2. The second kappa shape index (κ2) is 7.61. The third-order valence-electron chi connectivity index (χ3n) is 3.56. The molecule has 0 aliphatic heterocycles.